The zero-order chi connectivity index (χ0) is 14.7. The molecular weight excluding hydrogens is 257 g/mol. The summed E-state index contributed by atoms with van der Waals surface area (Å²) >= 11 is 0. The maximum atomic E-state index is 13.5. The molecule has 1 aromatic heterocycles. The van der Waals surface area contributed by atoms with Crippen LogP contribution >= 0.6 is 0 Å². The van der Waals surface area contributed by atoms with E-state index in [1.165, 1.54) is 18.2 Å². The second-order valence-corrected chi connectivity index (χ2v) is 4.20. The lowest BCUT2D eigenvalue weighted by Crippen LogP contribution is -1.99. The van der Waals surface area contributed by atoms with Crippen LogP contribution in [0, 0.1) is 42.3 Å². The minimum atomic E-state index is -0.673. The first kappa shape index (κ1) is 13.5. The van der Waals surface area contributed by atoms with Gasteiger partial charge in [0.2, 0.25) is 5.88 Å². The van der Waals surface area contributed by atoms with Crippen molar-refractivity contribution in [2.24, 2.45) is 0 Å². The van der Waals surface area contributed by atoms with Crippen LogP contribution in [0.3, 0.4) is 0 Å². The van der Waals surface area contributed by atoms with Crippen molar-refractivity contribution in [1.82, 2.24) is 4.98 Å². The molecule has 20 heavy (non-hydrogen) atoms. The van der Waals surface area contributed by atoms with Gasteiger partial charge in [0.25, 0.3) is 0 Å². The summed E-state index contributed by atoms with van der Waals surface area (Å²) in [6.07, 6.45) is 0. The zero-order valence-corrected chi connectivity index (χ0v) is 10.9. The van der Waals surface area contributed by atoms with Crippen molar-refractivity contribution >= 4 is 0 Å². The number of rotatable bonds is 2. The molecule has 0 spiro atoms. The molecular formula is C15H10FN3O. The number of halogens is 1. The van der Waals surface area contributed by atoms with E-state index in [4.69, 9.17) is 15.3 Å². The third-order valence-corrected chi connectivity index (χ3v) is 2.72. The summed E-state index contributed by atoms with van der Waals surface area (Å²) < 4.78 is 19.0. The van der Waals surface area contributed by atoms with Gasteiger partial charge in [-0.05, 0) is 37.6 Å². The monoisotopic (exact) mass is 267 g/mol. The number of aryl methyl sites for hydroxylation is 2. The zero-order valence-electron chi connectivity index (χ0n) is 10.9. The van der Waals surface area contributed by atoms with Crippen LogP contribution in [0.5, 0.6) is 11.6 Å². The molecule has 0 bridgehead atoms. The highest BCUT2D eigenvalue weighted by Gasteiger charge is 2.15. The van der Waals surface area contributed by atoms with Gasteiger partial charge in [-0.3, -0.25) is 0 Å². The fraction of sp³-hybridized carbons (Fsp3) is 0.133. The minimum absolute atomic E-state index is 0.0431. The Morgan fingerprint density at radius 1 is 1.15 bits per heavy atom. The fourth-order valence-electron chi connectivity index (χ4n) is 1.81. The lowest BCUT2D eigenvalue weighted by atomic mass is 10.1. The van der Waals surface area contributed by atoms with Crippen molar-refractivity contribution in [2.45, 2.75) is 13.8 Å². The predicted octanol–water partition coefficient (Wildman–Crippen LogP) is 3.37. The van der Waals surface area contributed by atoms with Gasteiger partial charge in [-0.1, -0.05) is 6.07 Å². The van der Waals surface area contributed by atoms with E-state index in [9.17, 15) is 4.39 Å². The van der Waals surface area contributed by atoms with E-state index in [1.807, 2.05) is 6.07 Å². The maximum Gasteiger partial charge on any atom is 0.237 e. The topological polar surface area (TPSA) is 69.7 Å². The van der Waals surface area contributed by atoms with Gasteiger partial charge in [-0.15, -0.1) is 0 Å². The average molecular weight is 267 g/mol. The Kier molecular flexibility index (Phi) is 3.63. The van der Waals surface area contributed by atoms with Gasteiger partial charge in [0, 0.05) is 5.69 Å². The lowest BCUT2D eigenvalue weighted by molar-refractivity contribution is 0.453. The van der Waals surface area contributed by atoms with Crippen molar-refractivity contribution in [2.75, 3.05) is 0 Å². The highest BCUT2D eigenvalue weighted by Crippen LogP contribution is 2.29. The molecule has 2 aromatic rings. The maximum absolute atomic E-state index is 13.5. The van der Waals surface area contributed by atoms with Crippen molar-refractivity contribution < 1.29 is 9.13 Å². The van der Waals surface area contributed by atoms with Crippen molar-refractivity contribution in [1.29, 1.82) is 10.5 Å². The Hall–Kier alpha value is -2.92. The molecule has 0 aliphatic rings. The number of aromatic nitrogens is 1. The van der Waals surface area contributed by atoms with E-state index in [-0.39, 0.29) is 22.8 Å². The molecule has 1 heterocycles. The molecule has 5 heteroatoms. The highest BCUT2D eigenvalue weighted by atomic mass is 19.1. The SMILES string of the molecule is Cc1cc(C)c(C#N)c(Oc2cccc(F)c2C#N)n1. The first-order valence-corrected chi connectivity index (χ1v) is 5.81. The van der Waals surface area contributed by atoms with Crippen LogP contribution in [0.2, 0.25) is 0 Å². The van der Waals surface area contributed by atoms with Gasteiger partial charge in [-0.2, -0.15) is 10.5 Å². The van der Waals surface area contributed by atoms with Crippen LogP contribution in [0.25, 0.3) is 0 Å². The van der Waals surface area contributed by atoms with E-state index in [2.05, 4.69) is 4.98 Å². The quantitative estimate of drug-likeness (QED) is 0.836. The number of nitriles is 2. The number of hydrogen-bond acceptors (Lipinski definition) is 4. The van der Waals surface area contributed by atoms with Crippen LogP contribution < -0.4 is 4.74 Å². The molecule has 0 aliphatic carbocycles. The van der Waals surface area contributed by atoms with E-state index < -0.39 is 5.82 Å². The first-order chi connectivity index (χ1) is 9.56. The van der Waals surface area contributed by atoms with E-state index in [1.54, 1.807) is 26.0 Å². The number of nitrogens with zero attached hydrogens (tertiary/aromatic N) is 3. The fourth-order valence-corrected chi connectivity index (χ4v) is 1.81. The summed E-state index contributed by atoms with van der Waals surface area (Å²) in [6.45, 7) is 3.52. The van der Waals surface area contributed by atoms with Gasteiger partial charge < -0.3 is 4.74 Å². The number of benzene rings is 1. The smallest absolute Gasteiger partial charge is 0.237 e. The lowest BCUT2D eigenvalue weighted by Gasteiger charge is -2.10. The molecule has 0 N–H and O–H groups in total. The average Bonchev–Trinajstić information content (AvgIpc) is 2.38. The van der Waals surface area contributed by atoms with Gasteiger partial charge in [0.15, 0.2) is 0 Å². The molecule has 0 aliphatic heterocycles. The summed E-state index contributed by atoms with van der Waals surface area (Å²) in [7, 11) is 0. The Balaban J connectivity index is 2.55. The highest BCUT2D eigenvalue weighted by molar-refractivity contribution is 5.50. The Morgan fingerprint density at radius 2 is 1.85 bits per heavy atom. The van der Waals surface area contributed by atoms with Gasteiger partial charge in [-0.25, -0.2) is 9.37 Å². The molecule has 0 saturated carbocycles. The normalized spacial score (nSPS) is 9.65. The van der Waals surface area contributed by atoms with Crippen LogP contribution in [-0.4, -0.2) is 4.98 Å². The van der Waals surface area contributed by atoms with E-state index >= 15 is 0 Å². The molecule has 0 amide bonds. The third kappa shape index (κ3) is 2.43. The van der Waals surface area contributed by atoms with Crippen LogP contribution in [0.4, 0.5) is 4.39 Å². The molecule has 0 unspecified atom stereocenters. The molecule has 0 radical (unpaired) electrons. The molecule has 0 atom stereocenters. The summed E-state index contributed by atoms with van der Waals surface area (Å²) in [5.41, 5.74) is 1.44. The molecule has 0 fully saturated rings. The largest absolute Gasteiger partial charge is 0.436 e. The van der Waals surface area contributed by atoms with Crippen molar-refractivity contribution in [3.8, 4) is 23.8 Å². The third-order valence-electron chi connectivity index (χ3n) is 2.72. The summed E-state index contributed by atoms with van der Waals surface area (Å²) in [5.74, 6) is -0.554. The molecule has 0 saturated heterocycles. The molecule has 98 valence electrons. The Bertz CT molecular complexity index is 757. The standard InChI is InChI=1S/C15H10FN3O/c1-9-6-10(2)19-15(11(9)7-17)20-14-5-3-4-13(16)12(14)8-18/h3-6H,1-2H3. The predicted molar refractivity (Wildman–Crippen MR) is 69.6 cm³/mol. The minimum Gasteiger partial charge on any atom is -0.436 e. The molecule has 4 nitrogen and oxygen atoms in total. The van der Waals surface area contributed by atoms with Gasteiger partial charge in [0.1, 0.15) is 34.8 Å². The van der Waals surface area contributed by atoms with Gasteiger partial charge >= 0.3 is 0 Å². The number of pyridine rings is 1. The first-order valence-electron chi connectivity index (χ1n) is 5.81. The van der Waals surface area contributed by atoms with Crippen molar-refractivity contribution in [3.05, 3.63) is 52.5 Å². The van der Waals surface area contributed by atoms with E-state index in [0.29, 0.717) is 11.3 Å². The Labute approximate surface area is 115 Å². The van der Waals surface area contributed by atoms with Crippen LogP contribution in [-0.2, 0) is 0 Å². The van der Waals surface area contributed by atoms with Crippen LogP contribution in [0.15, 0.2) is 24.3 Å². The molecule has 2 rings (SSSR count). The van der Waals surface area contributed by atoms with Crippen LogP contribution in [0.1, 0.15) is 22.4 Å². The summed E-state index contributed by atoms with van der Waals surface area (Å²) in [6, 6.07) is 9.55. The van der Waals surface area contributed by atoms with E-state index in [0.717, 1.165) is 0 Å². The number of ether oxygens (including phenoxy) is 1. The number of hydrogen-bond donors (Lipinski definition) is 0. The summed E-state index contributed by atoms with van der Waals surface area (Å²) in [5, 5.41) is 18.1. The molecule has 1 aromatic carbocycles. The second kappa shape index (κ2) is 5.38. The van der Waals surface area contributed by atoms with Crippen molar-refractivity contribution in [3.63, 3.8) is 0 Å². The van der Waals surface area contributed by atoms with Gasteiger partial charge in [0.05, 0.1) is 0 Å². The second-order valence-electron chi connectivity index (χ2n) is 4.20. The Morgan fingerprint density at radius 3 is 2.50 bits per heavy atom. The summed E-state index contributed by atoms with van der Waals surface area (Å²) in [4.78, 5) is 4.13.